The molecule has 7 heteroatoms. The number of pyridine rings is 1. The lowest BCUT2D eigenvalue weighted by atomic mass is 10.1. The highest BCUT2D eigenvalue weighted by Crippen LogP contribution is 2.33. The molecule has 1 aliphatic rings. The van der Waals surface area contributed by atoms with Crippen LogP contribution in [-0.2, 0) is 0 Å². The number of nitrogens with two attached hydrogens (primary N) is 1. The Morgan fingerprint density at radius 2 is 1.88 bits per heavy atom. The standard InChI is InChI=1S/C18H15N7/c19-16-13-8-11(18-22-24-25-23-18)5-6-15(13)21-17(16)12-7-10-3-1-2-4-14(10)20-9-12/h1-9,21,24-25H,19H2,(H,22,23). The molecule has 0 fully saturated rings. The zero-order valence-corrected chi connectivity index (χ0v) is 13.2. The van der Waals surface area contributed by atoms with Crippen LogP contribution in [0.4, 0.5) is 5.69 Å². The van der Waals surface area contributed by atoms with Gasteiger partial charge >= 0.3 is 0 Å². The number of hydrogen-bond acceptors (Lipinski definition) is 6. The Morgan fingerprint density at radius 1 is 0.960 bits per heavy atom. The number of benzene rings is 2. The molecule has 0 saturated heterocycles. The zero-order chi connectivity index (χ0) is 16.8. The van der Waals surface area contributed by atoms with E-state index in [1.807, 2.05) is 48.7 Å². The largest absolute Gasteiger partial charge is 0.396 e. The van der Waals surface area contributed by atoms with E-state index in [1.165, 1.54) is 0 Å². The van der Waals surface area contributed by atoms with E-state index < -0.39 is 0 Å². The van der Waals surface area contributed by atoms with Crippen LogP contribution >= 0.6 is 0 Å². The third kappa shape index (κ3) is 2.18. The Labute approximate surface area is 142 Å². The van der Waals surface area contributed by atoms with E-state index in [0.717, 1.165) is 44.5 Å². The summed E-state index contributed by atoms with van der Waals surface area (Å²) in [5.74, 6) is 0.719. The summed E-state index contributed by atoms with van der Waals surface area (Å²) in [5, 5.41) is 6.16. The smallest absolute Gasteiger partial charge is 0.170 e. The molecule has 0 bridgehead atoms. The molecule has 1 aliphatic heterocycles. The van der Waals surface area contributed by atoms with Crippen LogP contribution < -0.4 is 22.2 Å². The molecular weight excluding hydrogens is 314 g/mol. The molecule has 7 nitrogen and oxygen atoms in total. The van der Waals surface area contributed by atoms with Gasteiger partial charge in [0.1, 0.15) is 0 Å². The molecule has 2 aromatic heterocycles. The van der Waals surface area contributed by atoms with Gasteiger partial charge in [-0.1, -0.05) is 18.2 Å². The lowest BCUT2D eigenvalue weighted by Gasteiger charge is -2.03. The summed E-state index contributed by atoms with van der Waals surface area (Å²) in [7, 11) is 0. The first-order chi connectivity index (χ1) is 12.3. The van der Waals surface area contributed by atoms with E-state index in [2.05, 4.69) is 37.6 Å². The van der Waals surface area contributed by atoms with Crippen molar-refractivity contribution in [2.75, 3.05) is 5.73 Å². The van der Waals surface area contributed by atoms with Crippen LogP contribution in [0.3, 0.4) is 0 Å². The molecule has 5 rings (SSSR count). The van der Waals surface area contributed by atoms with Gasteiger partial charge in [-0.2, -0.15) is 0 Å². The lowest BCUT2D eigenvalue weighted by Crippen LogP contribution is -2.35. The molecule has 0 atom stereocenters. The minimum absolute atomic E-state index is 0.702. The number of aromatic amines is 1. The van der Waals surface area contributed by atoms with Crippen molar-refractivity contribution in [2.24, 2.45) is 5.10 Å². The number of hydrazone groups is 1. The summed E-state index contributed by atoms with van der Waals surface area (Å²) in [6, 6.07) is 16.1. The van der Waals surface area contributed by atoms with Gasteiger partial charge in [0, 0.05) is 33.6 Å². The van der Waals surface area contributed by atoms with Crippen LogP contribution in [0, 0.1) is 0 Å². The number of H-pyrrole nitrogens is 1. The number of hydrogen-bond donors (Lipinski definition) is 5. The third-order valence-electron chi connectivity index (χ3n) is 4.40. The van der Waals surface area contributed by atoms with Crippen LogP contribution in [-0.4, -0.2) is 15.8 Å². The molecule has 3 heterocycles. The molecule has 6 N–H and O–H groups in total. The number of anilines is 1. The molecule has 0 spiro atoms. The molecule has 122 valence electrons. The van der Waals surface area contributed by atoms with Gasteiger partial charge in [0.2, 0.25) is 0 Å². The number of aromatic nitrogens is 2. The number of nitrogens with one attached hydrogen (secondary N) is 4. The second kappa shape index (κ2) is 5.22. The highest BCUT2D eigenvalue weighted by Gasteiger charge is 2.14. The van der Waals surface area contributed by atoms with Crippen LogP contribution in [0.1, 0.15) is 5.56 Å². The van der Waals surface area contributed by atoms with Gasteiger partial charge < -0.3 is 10.7 Å². The van der Waals surface area contributed by atoms with Crippen molar-refractivity contribution in [3.05, 3.63) is 60.3 Å². The van der Waals surface area contributed by atoms with Crippen molar-refractivity contribution < 1.29 is 0 Å². The molecule has 25 heavy (non-hydrogen) atoms. The van der Waals surface area contributed by atoms with Crippen molar-refractivity contribution >= 4 is 33.3 Å². The highest BCUT2D eigenvalue weighted by atomic mass is 15.8. The van der Waals surface area contributed by atoms with Crippen LogP contribution in [0.25, 0.3) is 33.1 Å². The average Bonchev–Trinajstić information content (AvgIpc) is 3.30. The fraction of sp³-hybridized carbons (Fsp3) is 0. The van der Waals surface area contributed by atoms with Crippen molar-refractivity contribution in [2.45, 2.75) is 0 Å². The summed E-state index contributed by atoms with van der Waals surface area (Å²) in [5.41, 5.74) is 20.2. The van der Waals surface area contributed by atoms with Crippen molar-refractivity contribution in [1.29, 1.82) is 0 Å². The van der Waals surface area contributed by atoms with E-state index in [9.17, 15) is 0 Å². The molecule has 0 unspecified atom stereocenters. The Kier molecular flexibility index (Phi) is 2.88. The maximum absolute atomic E-state index is 6.43. The van der Waals surface area contributed by atoms with E-state index in [-0.39, 0.29) is 0 Å². The number of fused-ring (bicyclic) bond motifs is 2. The summed E-state index contributed by atoms with van der Waals surface area (Å²) >= 11 is 0. The number of nitrogens with zero attached hydrogens (tertiary/aromatic N) is 2. The SMILES string of the molecule is Nc1c(-c2cnc3ccccc3c2)[nH]c2ccc(C3=NNNN3)cc12. The van der Waals surface area contributed by atoms with Crippen LogP contribution in [0.2, 0.25) is 0 Å². The first-order valence-electron chi connectivity index (χ1n) is 7.90. The maximum Gasteiger partial charge on any atom is 0.170 e. The quantitative estimate of drug-likeness (QED) is 0.388. The molecule has 0 amide bonds. The monoisotopic (exact) mass is 329 g/mol. The van der Waals surface area contributed by atoms with Crippen LogP contribution in [0.15, 0.2) is 59.8 Å². The van der Waals surface area contributed by atoms with Crippen LogP contribution in [0.5, 0.6) is 0 Å². The summed E-state index contributed by atoms with van der Waals surface area (Å²) in [4.78, 5) is 7.93. The van der Waals surface area contributed by atoms with Gasteiger partial charge in [0.25, 0.3) is 0 Å². The summed E-state index contributed by atoms with van der Waals surface area (Å²) in [6.45, 7) is 0. The van der Waals surface area contributed by atoms with Gasteiger partial charge in [0.05, 0.1) is 16.9 Å². The Bertz CT molecular complexity index is 1140. The minimum Gasteiger partial charge on any atom is -0.396 e. The van der Waals surface area contributed by atoms with Gasteiger partial charge in [-0.15, -0.1) is 10.6 Å². The predicted molar refractivity (Wildman–Crippen MR) is 99.4 cm³/mol. The highest BCUT2D eigenvalue weighted by molar-refractivity contribution is 6.06. The summed E-state index contributed by atoms with van der Waals surface area (Å²) in [6.07, 6.45) is 1.85. The van der Waals surface area contributed by atoms with Gasteiger partial charge in [-0.05, 0) is 30.3 Å². The maximum atomic E-state index is 6.43. The molecule has 0 aliphatic carbocycles. The third-order valence-corrected chi connectivity index (χ3v) is 4.40. The van der Waals surface area contributed by atoms with Crippen molar-refractivity contribution in [3.63, 3.8) is 0 Å². The topological polar surface area (TPSA) is 103 Å². The number of para-hydroxylation sites is 1. The van der Waals surface area contributed by atoms with Crippen molar-refractivity contribution in [1.82, 2.24) is 26.5 Å². The van der Waals surface area contributed by atoms with Gasteiger partial charge in [-0.25, -0.2) is 5.53 Å². The molecular formula is C18H15N7. The molecule has 0 saturated carbocycles. The van der Waals surface area contributed by atoms with Crippen molar-refractivity contribution in [3.8, 4) is 11.3 Å². The number of amidine groups is 1. The fourth-order valence-electron chi connectivity index (χ4n) is 3.13. The van der Waals surface area contributed by atoms with E-state index in [1.54, 1.807) is 0 Å². The number of rotatable bonds is 2. The van der Waals surface area contributed by atoms with E-state index >= 15 is 0 Å². The van der Waals surface area contributed by atoms with E-state index in [0.29, 0.717) is 5.69 Å². The second-order valence-electron chi connectivity index (χ2n) is 5.91. The predicted octanol–water partition coefficient (Wildman–Crippen LogP) is 2.24. The van der Waals surface area contributed by atoms with Gasteiger partial charge in [-0.3, -0.25) is 10.4 Å². The summed E-state index contributed by atoms with van der Waals surface area (Å²) < 4.78 is 0. The second-order valence-corrected chi connectivity index (χ2v) is 5.91. The Balaban J connectivity index is 1.66. The molecule has 2 aromatic carbocycles. The normalized spacial score (nSPS) is 13.7. The number of hydrazine groups is 2. The Hall–Kier alpha value is -3.58. The first-order valence-corrected chi connectivity index (χ1v) is 7.90. The van der Waals surface area contributed by atoms with Gasteiger partial charge in [0.15, 0.2) is 5.84 Å². The average molecular weight is 329 g/mol. The van der Waals surface area contributed by atoms with E-state index in [4.69, 9.17) is 5.73 Å². The molecule has 4 aromatic rings. The fourth-order valence-corrected chi connectivity index (χ4v) is 3.13. The minimum atomic E-state index is 0.702. The number of nitrogen functional groups attached to an aromatic ring is 1. The Morgan fingerprint density at radius 3 is 2.76 bits per heavy atom. The zero-order valence-electron chi connectivity index (χ0n) is 13.2. The molecule has 0 radical (unpaired) electrons. The first kappa shape index (κ1) is 13.8. The lowest BCUT2D eigenvalue weighted by molar-refractivity contribution is 0.577.